The second kappa shape index (κ2) is 8.05. The van der Waals surface area contributed by atoms with Gasteiger partial charge in [-0.2, -0.15) is 0 Å². The zero-order valence-corrected chi connectivity index (χ0v) is 13.4. The maximum Gasteiger partial charge on any atom is 0.305 e. The summed E-state index contributed by atoms with van der Waals surface area (Å²) in [7, 11) is 1.40. The molecule has 2 aromatic rings. The number of benzene rings is 1. The molecule has 0 fully saturated rings. The number of thioether (sulfide) groups is 1. The molecule has 0 amide bonds. The molecule has 1 heterocycles. The average molecular weight is 323 g/mol. The van der Waals surface area contributed by atoms with E-state index in [-0.39, 0.29) is 5.97 Å². The number of ether oxygens (including phenoxy) is 1. The Morgan fingerprint density at radius 1 is 1.43 bits per heavy atom. The average Bonchev–Trinajstić information content (AvgIpc) is 2.92. The van der Waals surface area contributed by atoms with Crippen LogP contribution in [0.25, 0.3) is 11.0 Å². The molecule has 0 atom stereocenters. The van der Waals surface area contributed by atoms with Crippen molar-refractivity contribution in [1.82, 2.24) is 5.32 Å². The van der Waals surface area contributed by atoms with E-state index in [0.717, 1.165) is 33.0 Å². The van der Waals surface area contributed by atoms with E-state index >= 15 is 0 Å². The lowest BCUT2D eigenvalue weighted by Crippen LogP contribution is -2.17. The lowest BCUT2D eigenvalue weighted by Gasteiger charge is -2.06. The van der Waals surface area contributed by atoms with Gasteiger partial charge in [-0.1, -0.05) is 42.2 Å². The number of furan rings is 1. The Labute approximate surface area is 133 Å². The molecule has 4 nitrogen and oxygen atoms in total. The Morgan fingerprint density at radius 3 is 3.05 bits per heavy atom. The normalized spacial score (nSPS) is 10.5. The van der Waals surface area contributed by atoms with E-state index in [9.17, 15) is 4.79 Å². The Bertz CT molecular complexity index is 624. The number of fused-ring (bicyclic) bond motifs is 1. The topological polar surface area (TPSA) is 51.5 Å². The summed E-state index contributed by atoms with van der Waals surface area (Å²) in [5.74, 6) is 0.618. The van der Waals surface area contributed by atoms with Crippen LogP contribution in [0.2, 0.25) is 0 Å². The van der Waals surface area contributed by atoms with Crippen molar-refractivity contribution in [3.05, 3.63) is 36.1 Å². The quantitative estimate of drug-likeness (QED) is 0.499. The number of carbonyl (C=O) groups is 1. The molecule has 0 bridgehead atoms. The number of hydrogen-bond acceptors (Lipinski definition) is 5. The van der Waals surface area contributed by atoms with Gasteiger partial charge in [0.15, 0.2) is 0 Å². The highest BCUT2D eigenvalue weighted by Crippen LogP contribution is 2.20. The van der Waals surface area contributed by atoms with E-state index in [2.05, 4.69) is 10.1 Å². The van der Waals surface area contributed by atoms with Gasteiger partial charge in [-0.3, -0.25) is 4.79 Å². The van der Waals surface area contributed by atoms with Gasteiger partial charge in [-0.15, -0.1) is 0 Å². The van der Waals surface area contributed by atoms with Crippen molar-refractivity contribution in [2.75, 3.05) is 12.9 Å². The minimum absolute atomic E-state index is 0.181. The number of rotatable bonds is 6. The summed E-state index contributed by atoms with van der Waals surface area (Å²) in [5, 5.41) is 4.30. The van der Waals surface area contributed by atoms with Crippen LogP contribution in [0.3, 0.4) is 0 Å². The van der Waals surface area contributed by atoms with Gasteiger partial charge in [0.05, 0.1) is 13.4 Å². The van der Waals surface area contributed by atoms with Gasteiger partial charge < -0.3 is 14.5 Å². The van der Waals surface area contributed by atoms with Crippen LogP contribution >= 0.6 is 24.0 Å². The van der Waals surface area contributed by atoms with Gasteiger partial charge >= 0.3 is 5.97 Å². The molecule has 6 heteroatoms. The number of methoxy groups -OCH3 is 1. The van der Waals surface area contributed by atoms with Crippen LogP contribution in [0.1, 0.15) is 18.4 Å². The first-order chi connectivity index (χ1) is 10.2. The highest BCUT2D eigenvalue weighted by atomic mass is 32.2. The van der Waals surface area contributed by atoms with Crippen LogP contribution < -0.4 is 5.32 Å². The van der Waals surface area contributed by atoms with Crippen LogP contribution in [-0.4, -0.2) is 23.2 Å². The number of esters is 1. The van der Waals surface area contributed by atoms with Crippen molar-refractivity contribution in [1.29, 1.82) is 0 Å². The summed E-state index contributed by atoms with van der Waals surface area (Å²) in [6, 6.07) is 7.91. The molecule has 0 aliphatic rings. The maximum absolute atomic E-state index is 11.0. The minimum atomic E-state index is -0.181. The summed E-state index contributed by atoms with van der Waals surface area (Å²) in [6.07, 6.45) is 2.94. The fourth-order valence-corrected chi connectivity index (χ4v) is 2.84. The Morgan fingerprint density at radius 2 is 2.24 bits per heavy atom. The second-order valence-corrected chi connectivity index (χ2v) is 6.20. The molecule has 0 spiro atoms. The summed E-state index contributed by atoms with van der Waals surface area (Å²) in [5.41, 5.74) is 1.97. The van der Waals surface area contributed by atoms with Crippen molar-refractivity contribution in [3.8, 4) is 0 Å². The largest absolute Gasteiger partial charge is 0.469 e. The van der Waals surface area contributed by atoms with E-state index in [1.54, 1.807) is 6.26 Å². The van der Waals surface area contributed by atoms with Crippen molar-refractivity contribution in [3.63, 3.8) is 0 Å². The van der Waals surface area contributed by atoms with Crippen LogP contribution in [0.5, 0.6) is 0 Å². The SMILES string of the molecule is COC(=O)CCCSC(=S)NCc1coc2ccccc12. The van der Waals surface area contributed by atoms with Crippen LogP contribution in [0.15, 0.2) is 34.9 Å². The fourth-order valence-electron chi connectivity index (χ4n) is 1.87. The monoisotopic (exact) mass is 323 g/mol. The molecule has 0 aliphatic carbocycles. The smallest absolute Gasteiger partial charge is 0.305 e. The van der Waals surface area contributed by atoms with Gasteiger partial charge in [0.2, 0.25) is 0 Å². The number of nitrogens with one attached hydrogen (secondary N) is 1. The van der Waals surface area contributed by atoms with Gasteiger partial charge in [0.1, 0.15) is 9.90 Å². The molecule has 21 heavy (non-hydrogen) atoms. The number of hydrogen-bond donors (Lipinski definition) is 1. The second-order valence-electron chi connectivity index (χ2n) is 4.43. The lowest BCUT2D eigenvalue weighted by atomic mass is 10.2. The van der Waals surface area contributed by atoms with Crippen molar-refractivity contribution in [2.24, 2.45) is 0 Å². The molecule has 0 saturated carbocycles. The Hall–Kier alpha value is -1.53. The third-order valence-corrected chi connectivity index (χ3v) is 4.37. The summed E-state index contributed by atoms with van der Waals surface area (Å²) >= 11 is 6.80. The molecular weight excluding hydrogens is 306 g/mol. The molecule has 1 aromatic carbocycles. The summed E-state index contributed by atoms with van der Waals surface area (Å²) in [6.45, 7) is 0.639. The number of para-hydroxylation sites is 1. The van der Waals surface area contributed by atoms with Crippen molar-refractivity contribution in [2.45, 2.75) is 19.4 Å². The van der Waals surface area contributed by atoms with E-state index in [1.165, 1.54) is 18.9 Å². The van der Waals surface area contributed by atoms with Crippen molar-refractivity contribution < 1.29 is 13.9 Å². The van der Waals surface area contributed by atoms with Gasteiger partial charge in [-0.25, -0.2) is 0 Å². The third-order valence-electron chi connectivity index (χ3n) is 2.97. The van der Waals surface area contributed by atoms with E-state index in [4.69, 9.17) is 16.6 Å². The van der Waals surface area contributed by atoms with Gasteiger partial charge in [-0.05, 0) is 12.5 Å². The highest BCUT2D eigenvalue weighted by molar-refractivity contribution is 8.22. The van der Waals surface area contributed by atoms with Gasteiger partial charge in [0.25, 0.3) is 0 Å². The number of thiocarbonyl (C=S) groups is 1. The molecular formula is C15H17NO3S2. The molecule has 0 saturated heterocycles. The molecule has 1 aromatic heterocycles. The highest BCUT2D eigenvalue weighted by Gasteiger charge is 2.06. The molecule has 1 N–H and O–H groups in total. The van der Waals surface area contributed by atoms with E-state index in [0.29, 0.717) is 13.0 Å². The summed E-state index contributed by atoms with van der Waals surface area (Å²) < 4.78 is 10.8. The molecule has 0 unspecified atom stereocenters. The first kappa shape index (κ1) is 15.9. The molecule has 112 valence electrons. The first-order valence-electron chi connectivity index (χ1n) is 6.63. The standard InChI is InChI=1S/C15H17NO3S2/c1-18-14(17)7-4-8-21-15(20)16-9-11-10-19-13-6-3-2-5-12(11)13/h2-3,5-6,10H,4,7-9H2,1H3,(H,16,20). The predicted octanol–water partition coefficient (Wildman–Crippen LogP) is 3.49. The molecule has 2 rings (SSSR count). The zero-order valence-electron chi connectivity index (χ0n) is 11.8. The maximum atomic E-state index is 11.0. The first-order valence-corrected chi connectivity index (χ1v) is 8.02. The van der Waals surface area contributed by atoms with E-state index in [1.807, 2.05) is 24.3 Å². The van der Waals surface area contributed by atoms with Crippen LogP contribution in [-0.2, 0) is 16.1 Å². The molecule has 0 radical (unpaired) electrons. The lowest BCUT2D eigenvalue weighted by molar-refractivity contribution is -0.140. The predicted molar refractivity (Wildman–Crippen MR) is 89.4 cm³/mol. The van der Waals surface area contributed by atoms with Crippen molar-refractivity contribution >= 4 is 45.2 Å². The minimum Gasteiger partial charge on any atom is -0.469 e. The van der Waals surface area contributed by atoms with Gasteiger partial charge in [0, 0.05) is 29.7 Å². The van der Waals surface area contributed by atoms with Crippen LogP contribution in [0.4, 0.5) is 0 Å². The van der Waals surface area contributed by atoms with Crippen LogP contribution in [0, 0.1) is 0 Å². The molecule has 0 aliphatic heterocycles. The number of carbonyl (C=O) groups excluding carboxylic acids is 1. The zero-order chi connectivity index (χ0) is 15.1. The van der Waals surface area contributed by atoms with E-state index < -0.39 is 0 Å². The summed E-state index contributed by atoms with van der Waals surface area (Å²) in [4.78, 5) is 11.0. The Balaban J connectivity index is 1.73. The fraction of sp³-hybridized carbons (Fsp3) is 0.333. The third kappa shape index (κ3) is 4.75. The Kier molecular flexibility index (Phi) is 6.07.